The Hall–Kier alpha value is -2.05. The monoisotopic (exact) mass is 581 g/mol. The van der Waals surface area contributed by atoms with E-state index in [4.69, 9.17) is 4.74 Å². The second-order valence-electron chi connectivity index (χ2n) is 9.94. The number of carbonyl (C=O) groups excluding carboxylic acids is 2. The van der Waals surface area contributed by atoms with Crippen LogP contribution >= 0.6 is 15.9 Å². The molecule has 3 atom stereocenters. The molecule has 2 fully saturated rings. The van der Waals surface area contributed by atoms with E-state index < -0.39 is 5.97 Å². The first-order valence-corrected chi connectivity index (χ1v) is 14.2. The predicted molar refractivity (Wildman–Crippen MR) is 146 cm³/mol. The van der Waals surface area contributed by atoms with Gasteiger partial charge >= 0.3 is 5.97 Å². The Morgan fingerprint density at radius 2 is 1.57 bits per heavy atom. The second-order valence-corrected chi connectivity index (χ2v) is 10.5. The third-order valence-corrected chi connectivity index (χ3v) is 7.47. The van der Waals surface area contributed by atoms with Crippen molar-refractivity contribution in [1.29, 1.82) is 0 Å². The number of rotatable bonds is 9. The minimum atomic E-state index is -0.779. The molecule has 2 saturated heterocycles. The van der Waals surface area contributed by atoms with E-state index in [1.165, 1.54) is 5.56 Å². The lowest BCUT2D eigenvalue weighted by Crippen LogP contribution is -2.41. The maximum atomic E-state index is 11.7. The van der Waals surface area contributed by atoms with Crippen LogP contribution in [0.2, 0.25) is 0 Å². The van der Waals surface area contributed by atoms with Gasteiger partial charge in [-0.05, 0) is 56.0 Å². The molecule has 1 aromatic rings. The molecule has 37 heavy (non-hydrogen) atoms. The van der Waals surface area contributed by atoms with Crippen molar-refractivity contribution in [3.05, 3.63) is 29.8 Å². The Labute approximate surface area is 228 Å². The van der Waals surface area contributed by atoms with Crippen molar-refractivity contribution in [1.82, 2.24) is 19.6 Å². The molecule has 2 bridgehead atoms. The fraction of sp³-hybridized carbons (Fsp3) is 0.654. The van der Waals surface area contributed by atoms with E-state index >= 15 is 0 Å². The van der Waals surface area contributed by atoms with Crippen molar-refractivity contribution >= 4 is 40.0 Å². The van der Waals surface area contributed by atoms with Gasteiger partial charge in [0, 0.05) is 58.0 Å². The molecule has 3 rings (SSSR count). The summed E-state index contributed by atoms with van der Waals surface area (Å²) in [6.07, 6.45) is 2.79. The summed E-state index contributed by atoms with van der Waals surface area (Å²) in [7, 11) is 0. The van der Waals surface area contributed by atoms with Crippen LogP contribution in [-0.4, -0.2) is 127 Å². The number of fused-ring (bicyclic) bond motifs is 4. The van der Waals surface area contributed by atoms with Crippen molar-refractivity contribution in [3.63, 3.8) is 0 Å². The van der Waals surface area contributed by atoms with Crippen LogP contribution < -0.4 is 5.32 Å². The highest BCUT2D eigenvalue weighted by atomic mass is 79.9. The third kappa shape index (κ3) is 11.1. The van der Waals surface area contributed by atoms with Crippen molar-refractivity contribution in [2.24, 2.45) is 5.92 Å². The van der Waals surface area contributed by atoms with Crippen LogP contribution in [0.4, 0.5) is 5.69 Å². The molecular formula is C26H40BrN5O5. The number of hydrogen-bond donors (Lipinski definition) is 2. The molecule has 2 aliphatic rings. The predicted octanol–water partition coefficient (Wildman–Crippen LogP) is 1.41. The molecule has 11 heteroatoms. The number of nitrogens with zero attached hydrogens (tertiary/aromatic N) is 4. The summed E-state index contributed by atoms with van der Waals surface area (Å²) in [5.41, 5.74) is 2.03. The highest BCUT2D eigenvalue weighted by Gasteiger charge is 2.23. The number of halogens is 1. The summed E-state index contributed by atoms with van der Waals surface area (Å²) < 4.78 is 5.07. The summed E-state index contributed by atoms with van der Waals surface area (Å²) in [5, 5.41) is 12.5. The summed E-state index contributed by atoms with van der Waals surface area (Å²) in [6, 6.07) is 8.10. The number of ether oxygens (including phenoxy) is 1. The van der Waals surface area contributed by atoms with Gasteiger partial charge in [0.2, 0.25) is 5.91 Å². The molecule has 3 unspecified atom stereocenters. The molecule has 0 aliphatic carbocycles. The third-order valence-electron chi connectivity index (χ3n) is 6.96. The number of nitrogens with one attached hydrogen (secondary N) is 1. The van der Waals surface area contributed by atoms with E-state index in [0.29, 0.717) is 19.1 Å². The molecule has 2 N–H and O–H groups in total. The van der Waals surface area contributed by atoms with Gasteiger partial charge < -0.3 is 25.0 Å². The van der Waals surface area contributed by atoms with Gasteiger partial charge in [-0.25, -0.2) is 0 Å². The van der Waals surface area contributed by atoms with E-state index in [0.717, 1.165) is 90.4 Å². The van der Waals surface area contributed by atoms with E-state index in [-0.39, 0.29) is 17.8 Å². The zero-order valence-corrected chi connectivity index (χ0v) is 23.1. The molecule has 2 aliphatic heterocycles. The highest BCUT2D eigenvalue weighted by Crippen LogP contribution is 2.18. The van der Waals surface area contributed by atoms with Gasteiger partial charge in [-0.1, -0.05) is 28.1 Å². The lowest BCUT2D eigenvalue weighted by atomic mass is 9.97. The van der Waals surface area contributed by atoms with Crippen LogP contribution in [0.5, 0.6) is 0 Å². The summed E-state index contributed by atoms with van der Waals surface area (Å²) in [4.78, 5) is 43.1. The summed E-state index contributed by atoms with van der Waals surface area (Å²) in [6.45, 7) is 9.45. The Kier molecular flexibility index (Phi) is 12.8. The van der Waals surface area contributed by atoms with Crippen molar-refractivity contribution in [2.75, 3.05) is 89.4 Å². The fourth-order valence-corrected chi connectivity index (χ4v) is 5.34. The largest absolute Gasteiger partial charge is 0.480 e. The lowest BCUT2D eigenvalue weighted by molar-refractivity contribution is -0.138. The number of carbonyl (C=O) groups is 3. The normalized spacial score (nSPS) is 24.5. The smallest absolute Gasteiger partial charge is 0.317 e. The Bertz CT molecular complexity index is 858. The Balaban J connectivity index is 1.76. The van der Waals surface area contributed by atoms with Gasteiger partial charge in [-0.2, -0.15) is 0 Å². The number of hydrogen-bond acceptors (Lipinski definition) is 8. The van der Waals surface area contributed by atoms with Crippen molar-refractivity contribution in [3.8, 4) is 0 Å². The standard InChI is InChI=1S/C26H40BrN5O5/c27-16-25(34)28-24-5-3-22(4-6-24)15-23-17-29-8-2-10-32(20-37-21-33)14-13-30(18-23)7-1-9-31(12-11-29)19-26(35)36/h3-6,21,23H,1-2,7-20H2,(H,28,34)(H,35,36). The zero-order valence-electron chi connectivity index (χ0n) is 21.5. The van der Waals surface area contributed by atoms with Crippen molar-refractivity contribution in [2.45, 2.75) is 19.3 Å². The highest BCUT2D eigenvalue weighted by molar-refractivity contribution is 9.09. The molecule has 0 saturated carbocycles. The molecule has 10 nitrogen and oxygen atoms in total. The van der Waals surface area contributed by atoms with E-state index in [9.17, 15) is 19.5 Å². The Morgan fingerprint density at radius 3 is 2.16 bits per heavy atom. The van der Waals surface area contributed by atoms with Crippen LogP contribution in [0, 0.1) is 5.92 Å². The molecule has 0 spiro atoms. The minimum absolute atomic E-state index is 0.0718. The number of carboxylic acid groups (broad SMARTS) is 1. The number of aliphatic carboxylic acids is 1. The SMILES string of the molecule is O=COCN1CCCN2CCN(CC(=O)O)CCCN(CC1)CC(Cc1ccc(NC(=O)CBr)cc1)C2. The van der Waals surface area contributed by atoms with Crippen LogP contribution in [0.1, 0.15) is 18.4 Å². The first-order valence-electron chi connectivity index (χ1n) is 13.1. The topological polar surface area (TPSA) is 106 Å². The van der Waals surface area contributed by atoms with Crippen LogP contribution in [0.25, 0.3) is 0 Å². The zero-order chi connectivity index (χ0) is 26.5. The quantitative estimate of drug-likeness (QED) is 0.330. The average molecular weight is 583 g/mol. The van der Waals surface area contributed by atoms with Gasteiger partial charge in [0.05, 0.1) is 11.9 Å². The maximum Gasteiger partial charge on any atom is 0.317 e. The molecule has 0 radical (unpaired) electrons. The number of benzene rings is 1. The molecular weight excluding hydrogens is 542 g/mol. The number of amides is 1. The first-order chi connectivity index (χ1) is 17.9. The van der Waals surface area contributed by atoms with E-state index in [1.54, 1.807) is 0 Å². The van der Waals surface area contributed by atoms with E-state index in [1.807, 2.05) is 12.1 Å². The average Bonchev–Trinajstić information content (AvgIpc) is 2.93. The Morgan fingerprint density at radius 1 is 0.946 bits per heavy atom. The molecule has 1 aromatic carbocycles. The maximum absolute atomic E-state index is 11.7. The lowest BCUT2D eigenvalue weighted by Gasteiger charge is -2.31. The molecule has 1 amide bonds. The van der Waals surface area contributed by atoms with Crippen LogP contribution in [-0.2, 0) is 25.5 Å². The summed E-state index contributed by atoms with van der Waals surface area (Å²) >= 11 is 3.18. The second kappa shape index (κ2) is 16.0. The van der Waals surface area contributed by atoms with Crippen LogP contribution in [0.15, 0.2) is 24.3 Å². The van der Waals surface area contributed by atoms with Crippen molar-refractivity contribution < 1.29 is 24.2 Å². The van der Waals surface area contributed by atoms with Gasteiger partial charge in [0.1, 0.15) is 6.73 Å². The number of carboxylic acids is 1. The number of alkyl halides is 1. The molecule has 2 heterocycles. The van der Waals surface area contributed by atoms with Gasteiger partial charge in [-0.15, -0.1) is 0 Å². The minimum Gasteiger partial charge on any atom is -0.480 e. The number of anilines is 1. The molecule has 206 valence electrons. The molecule has 0 aromatic heterocycles. The van der Waals surface area contributed by atoms with Crippen LogP contribution in [0.3, 0.4) is 0 Å². The fourth-order valence-electron chi connectivity index (χ4n) is 5.20. The van der Waals surface area contributed by atoms with Gasteiger partial charge in [0.25, 0.3) is 6.47 Å². The van der Waals surface area contributed by atoms with Gasteiger partial charge in [0.15, 0.2) is 0 Å². The first kappa shape index (κ1) is 29.5. The summed E-state index contributed by atoms with van der Waals surface area (Å²) in [5.74, 6) is -0.442. The van der Waals surface area contributed by atoms with E-state index in [2.05, 4.69) is 53.0 Å². The van der Waals surface area contributed by atoms with Gasteiger partial charge in [-0.3, -0.25) is 24.2 Å².